The van der Waals surface area contributed by atoms with Crippen molar-refractivity contribution in [3.8, 4) is 5.75 Å². The second kappa shape index (κ2) is 5.19. The molecule has 0 bridgehead atoms. The summed E-state index contributed by atoms with van der Waals surface area (Å²) in [6.45, 7) is 1.55. The van der Waals surface area contributed by atoms with Gasteiger partial charge in [0.05, 0.1) is 0 Å². The number of hydrogen-bond donors (Lipinski definition) is 1. The van der Waals surface area contributed by atoms with Crippen molar-refractivity contribution in [2.75, 3.05) is 5.32 Å². The average molecular weight is 287 g/mol. The minimum Gasteiger partial charge on any atom is -0.408 e. The molecule has 0 aliphatic carbocycles. The number of benzene rings is 1. The summed E-state index contributed by atoms with van der Waals surface area (Å²) in [5.41, 5.74) is 0.121. The molecule has 2 rings (SSSR count). The highest BCUT2D eigenvalue weighted by molar-refractivity contribution is 6.03. The smallest absolute Gasteiger partial charge is 0.408 e. The first-order valence-corrected chi connectivity index (χ1v) is 5.31. The van der Waals surface area contributed by atoms with E-state index in [9.17, 15) is 18.0 Å². The number of carbonyl (C=O) groups is 1. The Morgan fingerprint density at radius 1 is 1.25 bits per heavy atom. The number of hydrogen-bond acceptors (Lipinski definition) is 5. The van der Waals surface area contributed by atoms with E-state index in [1.807, 2.05) is 0 Å². The van der Waals surface area contributed by atoms with Crippen molar-refractivity contribution in [2.45, 2.75) is 13.3 Å². The molecule has 0 atom stereocenters. The molecule has 0 aliphatic heterocycles. The van der Waals surface area contributed by atoms with Crippen LogP contribution >= 0.6 is 0 Å². The molecule has 0 unspecified atom stereocenters. The zero-order valence-electron chi connectivity index (χ0n) is 10.1. The van der Waals surface area contributed by atoms with Gasteiger partial charge >= 0.3 is 12.4 Å². The topological polar surface area (TPSA) is 77.2 Å². The third-order valence-electron chi connectivity index (χ3n) is 2.10. The highest BCUT2D eigenvalue weighted by Crippen LogP contribution is 2.22. The average Bonchev–Trinajstić information content (AvgIpc) is 2.73. The zero-order chi connectivity index (χ0) is 14.8. The Kier molecular flexibility index (Phi) is 3.59. The van der Waals surface area contributed by atoms with Gasteiger partial charge in [-0.05, 0) is 24.3 Å². The minimum absolute atomic E-state index is 0.0943. The van der Waals surface area contributed by atoms with Gasteiger partial charge in [0, 0.05) is 12.5 Å². The van der Waals surface area contributed by atoms with Crippen LogP contribution in [0.15, 0.2) is 28.7 Å². The second-order valence-corrected chi connectivity index (χ2v) is 3.65. The van der Waals surface area contributed by atoms with Crippen LogP contribution in [0.5, 0.6) is 5.75 Å². The van der Waals surface area contributed by atoms with Gasteiger partial charge in [-0.25, -0.2) is 0 Å². The van der Waals surface area contributed by atoms with Gasteiger partial charge in [0.2, 0.25) is 5.89 Å². The molecule has 0 radical (unpaired) electrons. The Labute approximate surface area is 110 Å². The molecule has 2 aromatic rings. The summed E-state index contributed by atoms with van der Waals surface area (Å²) in [6.07, 6.45) is -4.77. The number of aromatic nitrogens is 2. The van der Waals surface area contributed by atoms with E-state index in [1.165, 1.54) is 12.1 Å². The number of rotatable bonds is 3. The molecule has 1 N–H and O–H groups in total. The SMILES string of the molecule is Cc1nnc(NC(=O)c2ccc(OC(F)(F)F)cc2)o1. The maximum Gasteiger partial charge on any atom is 0.573 e. The first-order chi connectivity index (χ1) is 9.33. The highest BCUT2D eigenvalue weighted by Gasteiger charge is 2.31. The van der Waals surface area contributed by atoms with E-state index in [1.54, 1.807) is 6.92 Å². The molecule has 0 saturated heterocycles. The van der Waals surface area contributed by atoms with Gasteiger partial charge in [-0.15, -0.1) is 18.3 Å². The largest absolute Gasteiger partial charge is 0.573 e. The predicted octanol–water partition coefficient (Wildman–Crippen LogP) is 2.53. The summed E-state index contributed by atoms with van der Waals surface area (Å²) in [4.78, 5) is 11.7. The molecule has 1 heterocycles. The van der Waals surface area contributed by atoms with Crippen molar-refractivity contribution in [3.05, 3.63) is 35.7 Å². The van der Waals surface area contributed by atoms with E-state index in [4.69, 9.17) is 4.42 Å². The quantitative estimate of drug-likeness (QED) is 0.938. The Balaban J connectivity index is 2.04. The summed E-state index contributed by atoms with van der Waals surface area (Å²) in [5, 5.41) is 9.37. The highest BCUT2D eigenvalue weighted by atomic mass is 19.4. The fourth-order valence-electron chi connectivity index (χ4n) is 1.32. The molecule has 1 aromatic carbocycles. The molecule has 20 heavy (non-hydrogen) atoms. The number of carbonyl (C=O) groups excluding carboxylic acids is 1. The van der Waals surface area contributed by atoms with Crippen LogP contribution in [0.25, 0.3) is 0 Å². The zero-order valence-corrected chi connectivity index (χ0v) is 10.1. The molecular weight excluding hydrogens is 279 g/mol. The molecule has 0 saturated carbocycles. The monoisotopic (exact) mass is 287 g/mol. The van der Waals surface area contributed by atoms with Gasteiger partial charge < -0.3 is 9.15 Å². The van der Waals surface area contributed by atoms with Gasteiger partial charge in [0.15, 0.2) is 0 Å². The van der Waals surface area contributed by atoms with Gasteiger partial charge in [-0.2, -0.15) is 0 Å². The van der Waals surface area contributed by atoms with Crippen LogP contribution in [0, 0.1) is 6.92 Å². The fraction of sp³-hybridized carbons (Fsp3) is 0.182. The number of nitrogens with one attached hydrogen (secondary N) is 1. The number of halogens is 3. The predicted molar refractivity (Wildman–Crippen MR) is 60.1 cm³/mol. The van der Waals surface area contributed by atoms with Gasteiger partial charge in [-0.1, -0.05) is 5.10 Å². The van der Waals surface area contributed by atoms with Crippen molar-refractivity contribution < 1.29 is 27.1 Å². The van der Waals surface area contributed by atoms with E-state index < -0.39 is 18.0 Å². The van der Waals surface area contributed by atoms with Crippen molar-refractivity contribution in [1.82, 2.24) is 10.2 Å². The summed E-state index contributed by atoms with van der Waals surface area (Å²) in [5.74, 6) is -0.732. The van der Waals surface area contributed by atoms with Crippen molar-refractivity contribution >= 4 is 11.9 Å². The van der Waals surface area contributed by atoms with Crippen LogP contribution in [-0.2, 0) is 0 Å². The molecular formula is C11H8F3N3O3. The number of anilines is 1. The lowest BCUT2D eigenvalue weighted by Gasteiger charge is -2.08. The molecule has 9 heteroatoms. The molecule has 0 aliphatic rings. The summed E-state index contributed by atoms with van der Waals surface area (Å²) < 4.78 is 44.5. The van der Waals surface area contributed by atoms with Gasteiger partial charge in [0.1, 0.15) is 5.75 Å². The lowest BCUT2D eigenvalue weighted by atomic mass is 10.2. The third-order valence-corrected chi connectivity index (χ3v) is 2.10. The van der Waals surface area contributed by atoms with E-state index in [2.05, 4.69) is 20.3 Å². The number of ether oxygens (including phenoxy) is 1. The summed E-state index contributed by atoms with van der Waals surface area (Å²) in [7, 11) is 0. The maximum atomic E-state index is 12.0. The number of amides is 1. The van der Waals surface area contributed by atoms with E-state index >= 15 is 0 Å². The Bertz CT molecular complexity index is 607. The molecule has 106 valence electrons. The van der Waals surface area contributed by atoms with Crippen LogP contribution in [0.3, 0.4) is 0 Å². The maximum absolute atomic E-state index is 12.0. The fourth-order valence-corrected chi connectivity index (χ4v) is 1.32. The number of alkyl halides is 3. The molecule has 1 amide bonds. The van der Waals surface area contributed by atoms with Gasteiger partial charge in [-0.3, -0.25) is 10.1 Å². The molecule has 6 nitrogen and oxygen atoms in total. The first-order valence-electron chi connectivity index (χ1n) is 5.31. The number of aryl methyl sites for hydroxylation is 1. The Morgan fingerprint density at radius 2 is 1.90 bits per heavy atom. The minimum atomic E-state index is -4.77. The summed E-state index contributed by atoms with van der Waals surface area (Å²) >= 11 is 0. The van der Waals surface area contributed by atoms with Crippen LogP contribution in [-0.4, -0.2) is 22.5 Å². The van der Waals surface area contributed by atoms with E-state index in [-0.39, 0.29) is 17.5 Å². The normalized spacial score (nSPS) is 11.2. The second-order valence-electron chi connectivity index (χ2n) is 3.65. The first kappa shape index (κ1) is 13.8. The van der Waals surface area contributed by atoms with Crippen molar-refractivity contribution in [2.24, 2.45) is 0 Å². The third kappa shape index (κ3) is 3.70. The van der Waals surface area contributed by atoms with E-state index in [0.29, 0.717) is 0 Å². The van der Waals surface area contributed by atoms with Crippen LogP contribution in [0.2, 0.25) is 0 Å². The molecule has 0 fully saturated rings. The Hall–Kier alpha value is -2.58. The lowest BCUT2D eigenvalue weighted by molar-refractivity contribution is -0.274. The van der Waals surface area contributed by atoms with Crippen molar-refractivity contribution in [3.63, 3.8) is 0 Å². The van der Waals surface area contributed by atoms with Crippen molar-refractivity contribution in [1.29, 1.82) is 0 Å². The Morgan fingerprint density at radius 3 is 2.40 bits per heavy atom. The van der Waals surface area contributed by atoms with Crippen LogP contribution < -0.4 is 10.1 Å². The van der Waals surface area contributed by atoms with Gasteiger partial charge in [0.25, 0.3) is 5.91 Å². The number of nitrogens with zero attached hydrogens (tertiary/aromatic N) is 2. The van der Waals surface area contributed by atoms with E-state index in [0.717, 1.165) is 12.1 Å². The van der Waals surface area contributed by atoms with Crippen LogP contribution in [0.4, 0.5) is 19.2 Å². The molecule has 0 spiro atoms. The van der Waals surface area contributed by atoms with Crippen LogP contribution in [0.1, 0.15) is 16.2 Å². The lowest BCUT2D eigenvalue weighted by Crippen LogP contribution is -2.17. The summed E-state index contributed by atoms with van der Waals surface area (Å²) in [6, 6.07) is 4.32. The molecule has 1 aromatic heterocycles. The standard InChI is InChI=1S/C11H8F3N3O3/c1-6-16-17-10(19-6)15-9(18)7-2-4-8(5-3-7)20-11(12,13)14/h2-5H,1H3,(H,15,17,18).